The average molecular weight is 281 g/mol. The summed E-state index contributed by atoms with van der Waals surface area (Å²) in [6.45, 7) is 0. The summed E-state index contributed by atoms with van der Waals surface area (Å²) in [6, 6.07) is 16.0. The molecule has 1 heterocycles. The Morgan fingerprint density at radius 1 is 1.14 bits per heavy atom. The number of aromatic nitrogens is 1. The molecule has 1 aromatic heterocycles. The van der Waals surface area contributed by atoms with Crippen molar-refractivity contribution < 1.29 is 14.6 Å². The molecule has 1 unspecified atom stereocenters. The van der Waals surface area contributed by atoms with Gasteiger partial charge in [0.05, 0.1) is 7.11 Å². The Morgan fingerprint density at radius 2 is 1.90 bits per heavy atom. The molecule has 21 heavy (non-hydrogen) atoms. The standard InChI is InChI=1S/C17H15NO3/c1-21-14-7-8-15-13(11-14)9-10-18(15)16(17(19)20)12-5-3-2-4-6-12/h2-11,16H,1H3,(H,19,20). The van der Waals surface area contributed by atoms with E-state index in [0.29, 0.717) is 0 Å². The van der Waals surface area contributed by atoms with Crippen LogP contribution in [-0.4, -0.2) is 22.8 Å². The lowest BCUT2D eigenvalue weighted by molar-refractivity contribution is -0.139. The molecule has 1 N–H and O–H groups in total. The molecule has 0 radical (unpaired) electrons. The summed E-state index contributed by atoms with van der Waals surface area (Å²) in [6.07, 6.45) is 1.80. The van der Waals surface area contributed by atoms with Crippen LogP contribution in [0.3, 0.4) is 0 Å². The maximum absolute atomic E-state index is 11.7. The minimum absolute atomic E-state index is 0.739. The van der Waals surface area contributed by atoms with Gasteiger partial charge < -0.3 is 14.4 Å². The van der Waals surface area contributed by atoms with E-state index < -0.39 is 12.0 Å². The van der Waals surface area contributed by atoms with Crippen molar-refractivity contribution in [3.05, 3.63) is 66.4 Å². The molecule has 0 amide bonds. The summed E-state index contributed by atoms with van der Waals surface area (Å²) >= 11 is 0. The van der Waals surface area contributed by atoms with E-state index in [1.807, 2.05) is 54.6 Å². The van der Waals surface area contributed by atoms with Gasteiger partial charge >= 0.3 is 5.97 Å². The van der Waals surface area contributed by atoms with Gasteiger partial charge in [0.25, 0.3) is 0 Å². The molecule has 0 spiro atoms. The molecule has 1 atom stereocenters. The predicted molar refractivity (Wildman–Crippen MR) is 80.7 cm³/mol. The molecule has 0 saturated heterocycles. The van der Waals surface area contributed by atoms with Crippen molar-refractivity contribution in [2.45, 2.75) is 6.04 Å². The Morgan fingerprint density at radius 3 is 2.57 bits per heavy atom. The lowest BCUT2D eigenvalue weighted by Gasteiger charge is -2.16. The van der Waals surface area contributed by atoms with Crippen molar-refractivity contribution in [3.63, 3.8) is 0 Å². The molecule has 0 aliphatic heterocycles. The van der Waals surface area contributed by atoms with Gasteiger partial charge in [0.2, 0.25) is 0 Å². The average Bonchev–Trinajstić information content (AvgIpc) is 2.91. The third-order valence-electron chi connectivity index (χ3n) is 3.55. The highest BCUT2D eigenvalue weighted by atomic mass is 16.5. The molecule has 4 heteroatoms. The highest BCUT2D eigenvalue weighted by molar-refractivity contribution is 5.85. The number of hydrogen-bond donors (Lipinski definition) is 1. The van der Waals surface area contributed by atoms with E-state index in [1.165, 1.54) is 0 Å². The van der Waals surface area contributed by atoms with E-state index in [2.05, 4.69) is 0 Å². The molecule has 3 rings (SSSR count). The van der Waals surface area contributed by atoms with Gasteiger partial charge in [0.1, 0.15) is 5.75 Å². The molecule has 0 saturated carbocycles. The smallest absolute Gasteiger partial charge is 0.331 e. The Balaban J connectivity index is 2.15. The minimum atomic E-state index is -0.880. The minimum Gasteiger partial charge on any atom is -0.497 e. The number of fused-ring (bicyclic) bond motifs is 1. The SMILES string of the molecule is COc1ccc2c(ccn2C(C(=O)O)c2ccccc2)c1. The number of ether oxygens (including phenoxy) is 1. The largest absolute Gasteiger partial charge is 0.497 e. The zero-order valence-corrected chi connectivity index (χ0v) is 11.6. The molecule has 2 aromatic carbocycles. The van der Waals surface area contributed by atoms with E-state index >= 15 is 0 Å². The number of rotatable bonds is 4. The highest BCUT2D eigenvalue weighted by Gasteiger charge is 2.22. The number of nitrogens with zero attached hydrogens (tertiary/aromatic N) is 1. The van der Waals surface area contributed by atoms with E-state index in [1.54, 1.807) is 17.9 Å². The van der Waals surface area contributed by atoms with E-state index in [-0.39, 0.29) is 0 Å². The number of aliphatic carboxylic acids is 1. The fourth-order valence-electron chi connectivity index (χ4n) is 2.55. The third-order valence-corrected chi connectivity index (χ3v) is 3.55. The molecule has 0 aliphatic rings. The van der Waals surface area contributed by atoms with Crippen LogP contribution in [0, 0.1) is 0 Å². The normalized spacial score (nSPS) is 12.2. The monoisotopic (exact) mass is 281 g/mol. The quantitative estimate of drug-likeness (QED) is 0.798. The Labute approximate surface area is 122 Å². The molecule has 106 valence electrons. The molecule has 4 nitrogen and oxygen atoms in total. The molecule has 3 aromatic rings. The molecule has 0 bridgehead atoms. The Bertz CT molecular complexity index is 777. The maximum atomic E-state index is 11.7. The number of carboxylic acids is 1. The predicted octanol–water partition coefficient (Wildman–Crippen LogP) is 3.32. The van der Waals surface area contributed by atoms with Gasteiger partial charge in [-0.1, -0.05) is 30.3 Å². The van der Waals surface area contributed by atoms with Crippen LogP contribution in [0.15, 0.2) is 60.8 Å². The van der Waals surface area contributed by atoms with Crippen LogP contribution < -0.4 is 4.74 Å². The summed E-state index contributed by atoms with van der Waals surface area (Å²) in [7, 11) is 1.61. The van der Waals surface area contributed by atoms with Gasteiger partial charge in [-0.2, -0.15) is 0 Å². The lowest BCUT2D eigenvalue weighted by Crippen LogP contribution is -2.19. The summed E-state index contributed by atoms with van der Waals surface area (Å²) in [4.78, 5) is 11.7. The fourth-order valence-corrected chi connectivity index (χ4v) is 2.55. The van der Waals surface area contributed by atoms with E-state index in [0.717, 1.165) is 22.2 Å². The first-order chi connectivity index (χ1) is 10.2. The zero-order valence-electron chi connectivity index (χ0n) is 11.6. The van der Waals surface area contributed by atoms with Gasteiger partial charge in [-0.3, -0.25) is 0 Å². The second kappa shape index (κ2) is 5.32. The van der Waals surface area contributed by atoms with Gasteiger partial charge in [-0.05, 0) is 29.8 Å². The summed E-state index contributed by atoms with van der Waals surface area (Å²) in [5.74, 6) is -0.124. The van der Waals surface area contributed by atoms with Gasteiger partial charge in [-0.15, -0.1) is 0 Å². The number of carbonyl (C=O) groups is 1. The first-order valence-corrected chi connectivity index (χ1v) is 6.63. The molecule has 0 aliphatic carbocycles. The van der Waals surface area contributed by atoms with Crippen LogP contribution in [-0.2, 0) is 4.79 Å². The van der Waals surface area contributed by atoms with Crippen LogP contribution in [0.5, 0.6) is 5.75 Å². The van der Waals surface area contributed by atoms with Crippen LogP contribution in [0.25, 0.3) is 10.9 Å². The second-order valence-electron chi connectivity index (χ2n) is 4.80. The zero-order chi connectivity index (χ0) is 14.8. The maximum Gasteiger partial charge on any atom is 0.331 e. The van der Waals surface area contributed by atoms with Gasteiger partial charge in [-0.25, -0.2) is 4.79 Å². The van der Waals surface area contributed by atoms with Crippen molar-refractivity contribution in [1.29, 1.82) is 0 Å². The van der Waals surface area contributed by atoms with E-state index in [4.69, 9.17) is 4.74 Å². The van der Waals surface area contributed by atoms with Crippen molar-refractivity contribution in [1.82, 2.24) is 4.57 Å². The van der Waals surface area contributed by atoms with Crippen molar-refractivity contribution in [3.8, 4) is 5.75 Å². The number of methoxy groups -OCH3 is 1. The number of carboxylic acid groups (broad SMARTS) is 1. The van der Waals surface area contributed by atoms with Gasteiger partial charge in [0.15, 0.2) is 6.04 Å². The van der Waals surface area contributed by atoms with Crippen LogP contribution >= 0.6 is 0 Å². The number of benzene rings is 2. The topological polar surface area (TPSA) is 51.5 Å². The van der Waals surface area contributed by atoms with Crippen molar-refractivity contribution in [2.75, 3.05) is 7.11 Å². The summed E-state index contributed by atoms with van der Waals surface area (Å²) < 4.78 is 6.97. The first kappa shape index (κ1) is 13.2. The fraction of sp³-hybridized carbons (Fsp3) is 0.118. The highest BCUT2D eigenvalue weighted by Crippen LogP contribution is 2.27. The number of hydrogen-bond acceptors (Lipinski definition) is 2. The first-order valence-electron chi connectivity index (χ1n) is 6.63. The lowest BCUT2D eigenvalue weighted by atomic mass is 10.1. The molecular weight excluding hydrogens is 266 g/mol. The van der Waals surface area contributed by atoms with Gasteiger partial charge in [0, 0.05) is 17.1 Å². The second-order valence-corrected chi connectivity index (χ2v) is 4.80. The van der Waals surface area contributed by atoms with Crippen molar-refractivity contribution in [2.24, 2.45) is 0 Å². The van der Waals surface area contributed by atoms with Crippen LogP contribution in [0.2, 0.25) is 0 Å². The Hall–Kier alpha value is -2.75. The van der Waals surface area contributed by atoms with Crippen molar-refractivity contribution >= 4 is 16.9 Å². The van der Waals surface area contributed by atoms with Crippen LogP contribution in [0.1, 0.15) is 11.6 Å². The third kappa shape index (κ3) is 2.36. The summed E-state index contributed by atoms with van der Waals surface area (Å²) in [5.41, 5.74) is 1.62. The van der Waals surface area contributed by atoms with E-state index in [9.17, 15) is 9.90 Å². The molecular formula is C17H15NO3. The Kier molecular flexibility index (Phi) is 3.36. The summed E-state index contributed by atoms with van der Waals surface area (Å²) in [5, 5.41) is 10.6. The van der Waals surface area contributed by atoms with Crippen LogP contribution in [0.4, 0.5) is 0 Å². The molecule has 0 fully saturated rings.